The van der Waals surface area contributed by atoms with Crippen molar-refractivity contribution < 1.29 is 4.74 Å². The maximum Gasteiger partial charge on any atom is 0.0621 e. The molecule has 1 fully saturated rings. The van der Waals surface area contributed by atoms with Crippen LogP contribution < -0.4 is 5.32 Å². The van der Waals surface area contributed by atoms with Gasteiger partial charge in [0.05, 0.1) is 25.3 Å². The first-order valence-electron chi connectivity index (χ1n) is 8.05. The Morgan fingerprint density at radius 2 is 2.23 bits per heavy atom. The summed E-state index contributed by atoms with van der Waals surface area (Å²) in [7, 11) is 0. The van der Waals surface area contributed by atoms with Crippen molar-refractivity contribution in [1.29, 1.82) is 5.26 Å². The van der Waals surface area contributed by atoms with Crippen molar-refractivity contribution in [3.05, 3.63) is 22.4 Å². The lowest BCUT2D eigenvalue weighted by molar-refractivity contribution is 0.0164. The molecule has 0 bridgehead atoms. The molecule has 1 aromatic rings. The fraction of sp³-hybridized carbons (Fsp3) is 0.706. The first-order chi connectivity index (χ1) is 10.6. The molecule has 4 nitrogen and oxygen atoms in total. The number of rotatable bonds is 8. The summed E-state index contributed by atoms with van der Waals surface area (Å²) in [6.45, 7) is 10.0. The summed E-state index contributed by atoms with van der Waals surface area (Å²) >= 11 is 1.83. The third-order valence-corrected chi connectivity index (χ3v) is 5.19. The Morgan fingerprint density at radius 1 is 1.45 bits per heavy atom. The molecule has 0 spiro atoms. The van der Waals surface area contributed by atoms with E-state index in [1.807, 2.05) is 11.3 Å². The van der Waals surface area contributed by atoms with Gasteiger partial charge in [-0.05, 0) is 23.3 Å². The molecule has 22 heavy (non-hydrogen) atoms. The van der Waals surface area contributed by atoms with Gasteiger partial charge in [-0.2, -0.15) is 5.26 Å². The maximum absolute atomic E-state index is 8.75. The Labute approximate surface area is 138 Å². The molecule has 1 unspecified atom stereocenters. The van der Waals surface area contributed by atoms with E-state index in [0.29, 0.717) is 12.5 Å². The SMILES string of the molecule is CC(C)(CCC#N)CNCC(c1cccs1)N1CCOCC1. The Morgan fingerprint density at radius 3 is 2.86 bits per heavy atom. The van der Waals surface area contributed by atoms with Crippen LogP contribution in [0.2, 0.25) is 0 Å². The molecule has 0 aromatic carbocycles. The van der Waals surface area contributed by atoms with Gasteiger partial charge in [-0.15, -0.1) is 11.3 Å². The second-order valence-electron chi connectivity index (χ2n) is 6.63. The minimum absolute atomic E-state index is 0.167. The van der Waals surface area contributed by atoms with Crippen LogP contribution in [0.5, 0.6) is 0 Å². The van der Waals surface area contributed by atoms with Gasteiger partial charge >= 0.3 is 0 Å². The van der Waals surface area contributed by atoms with E-state index in [2.05, 4.69) is 47.6 Å². The molecule has 0 saturated carbocycles. The minimum Gasteiger partial charge on any atom is -0.379 e. The van der Waals surface area contributed by atoms with E-state index in [9.17, 15) is 0 Å². The third-order valence-electron chi connectivity index (χ3n) is 4.21. The molecular formula is C17H27N3OS. The number of hydrogen-bond donors (Lipinski definition) is 1. The lowest BCUT2D eigenvalue weighted by Gasteiger charge is -2.35. The van der Waals surface area contributed by atoms with Crippen LogP contribution in [0.1, 0.15) is 37.6 Å². The van der Waals surface area contributed by atoms with E-state index in [1.54, 1.807) is 0 Å². The summed E-state index contributed by atoms with van der Waals surface area (Å²) in [5.41, 5.74) is 0.167. The van der Waals surface area contributed by atoms with Gasteiger partial charge in [0.25, 0.3) is 0 Å². The molecule has 1 aliphatic rings. The third kappa shape index (κ3) is 5.36. The van der Waals surface area contributed by atoms with Crippen molar-refractivity contribution in [3.8, 4) is 6.07 Å². The zero-order valence-corrected chi connectivity index (χ0v) is 14.5. The second-order valence-corrected chi connectivity index (χ2v) is 7.61. The summed E-state index contributed by atoms with van der Waals surface area (Å²) in [5.74, 6) is 0. The zero-order valence-electron chi connectivity index (χ0n) is 13.7. The van der Waals surface area contributed by atoms with Crippen LogP contribution in [0.25, 0.3) is 0 Å². The van der Waals surface area contributed by atoms with Crippen LogP contribution in [0.15, 0.2) is 17.5 Å². The summed E-state index contributed by atoms with van der Waals surface area (Å²) in [4.78, 5) is 3.94. The molecule has 1 aromatic heterocycles. The molecule has 0 amide bonds. The number of hydrogen-bond acceptors (Lipinski definition) is 5. The topological polar surface area (TPSA) is 48.3 Å². The normalized spacial score (nSPS) is 18.0. The van der Waals surface area contributed by atoms with Crippen LogP contribution in [0.4, 0.5) is 0 Å². The standard InChI is InChI=1S/C17H27N3OS/c1-17(2,6-4-7-18)14-19-13-15(16-5-3-12-22-16)20-8-10-21-11-9-20/h3,5,12,15,19H,4,6,8-11,13-14H2,1-2H3. The highest BCUT2D eigenvalue weighted by Gasteiger charge is 2.24. The van der Waals surface area contributed by atoms with Crippen molar-refractivity contribution in [2.75, 3.05) is 39.4 Å². The van der Waals surface area contributed by atoms with Crippen LogP contribution >= 0.6 is 11.3 Å². The van der Waals surface area contributed by atoms with E-state index in [-0.39, 0.29) is 5.41 Å². The monoisotopic (exact) mass is 321 g/mol. The number of nitrogens with one attached hydrogen (secondary N) is 1. The molecule has 5 heteroatoms. The average Bonchev–Trinajstić information content (AvgIpc) is 3.04. The van der Waals surface area contributed by atoms with Crippen molar-refractivity contribution in [3.63, 3.8) is 0 Å². The first kappa shape index (κ1) is 17.4. The van der Waals surface area contributed by atoms with Crippen molar-refractivity contribution in [2.24, 2.45) is 5.41 Å². The van der Waals surface area contributed by atoms with Crippen molar-refractivity contribution >= 4 is 11.3 Å². The quantitative estimate of drug-likeness (QED) is 0.799. The summed E-state index contributed by atoms with van der Waals surface area (Å²) in [6.07, 6.45) is 1.57. The number of ether oxygens (including phenoxy) is 1. The van der Waals surface area contributed by atoms with Gasteiger partial charge in [0.2, 0.25) is 0 Å². The zero-order chi connectivity index (χ0) is 15.8. The number of morpholine rings is 1. The molecule has 0 radical (unpaired) electrons. The average molecular weight is 321 g/mol. The van der Waals surface area contributed by atoms with Crippen LogP contribution in [-0.2, 0) is 4.74 Å². The molecule has 1 N–H and O–H groups in total. The minimum atomic E-state index is 0.167. The molecule has 1 atom stereocenters. The first-order valence-corrected chi connectivity index (χ1v) is 8.93. The Balaban J connectivity index is 1.89. The van der Waals surface area contributed by atoms with E-state index >= 15 is 0 Å². The summed E-state index contributed by atoms with van der Waals surface area (Å²) in [6, 6.07) is 7.03. The molecule has 2 rings (SSSR count). The molecule has 1 aliphatic heterocycles. The van der Waals surface area contributed by atoms with E-state index < -0.39 is 0 Å². The highest BCUT2D eigenvalue weighted by Crippen LogP contribution is 2.26. The van der Waals surface area contributed by atoms with Crippen LogP contribution in [0.3, 0.4) is 0 Å². The maximum atomic E-state index is 8.75. The van der Waals surface area contributed by atoms with Gasteiger partial charge < -0.3 is 10.1 Å². The fourth-order valence-corrected chi connectivity index (χ4v) is 3.67. The van der Waals surface area contributed by atoms with E-state index in [0.717, 1.165) is 45.8 Å². The Kier molecular flexibility index (Phi) is 6.84. The van der Waals surface area contributed by atoms with Crippen LogP contribution in [-0.4, -0.2) is 44.3 Å². The molecule has 122 valence electrons. The van der Waals surface area contributed by atoms with E-state index in [4.69, 9.17) is 10.00 Å². The van der Waals surface area contributed by atoms with E-state index in [1.165, 1.54) is 4.88 Å². The predicted molar refractivity (Wildman–Crippen MR) is 90.9 cm³/mol. The summed E-state index contributed by atoms with van der Waals surface area (Å²) in [5, 5.41) is 14.5. The van der Waals surface area contributed by atoms with Crippen LogP contribution in [0, 0.1) is 16.7 Å². The predicted octanol–water partition coefficient (Wildman–Crippen LogP) is 3.04. The highest BCUT2D eigenvalue weighted by atomic mass is 32.1. The number of nitrogens with zero attached hydrogens (tertiary/aromatic N) is 2. The Hall–Kier alpha value is -0.930. The number of thiophene rings is 1. The highest BCUT2D eigenvalue weighted by molar-refractivity contribution is 7.10. The van der Waals surface area contributed by atoms with Gasteiger partial charge in [-0.3, -0.25) is 4.90 Å². The van der Waals surface area contributed by atoms with Crippen molar-refractivity contribution in [2.45, 2.75) is 32.7 Å². The Bertz CT molecular complexity index is 461. The van der Waals surface area contributed by atoms with Gasteiger partial charge in [0.1, 0.15) is 0 Å². The summed E-state index contributed by atoms with van der Waals surface area (Å²) < 4.78 is 5.48. The fourth-order valence-electron chi connectivity index (χ4n) is 2.81. The number of nitriles is 1. The second kappa shape index (κ2) is 8.64. The van der Waals surface area contributed by atoms with Gasteiger partial charge in [0, 0.05) is 37.5 Å². The van der Waals surface area contributed by atoms with Gasteiger partial charge in [-0.1, -0.05) is 19.9 Å². The largest absolute Gasteiger partial charge is 0.379 e. The molecule has 0 aliphatic carbocycles. The van der Waals surface area contributed by atoms with Gasteiger partial charge in [-0.25, -0.2) is 0 Å². The lowest BCUT2D eigenvalue weighted by Crippen LogP contribution is -2.43. The molecular weight excluding hydrogens is 294 g/mol. The smallest absolute Gasteiger partial charge is 0.0621 e. The van der Waals surface area contributed by atoms with Crippen molar-refractivity contribution in [1.82, 2.24) is 10.2 Å². The molecule has 1 saturated heterocycles. The molecule has 2 heterocycles. The van der Waals surface area contributed by atoms with Gasteiger partial charge in [0.15, 0.2) is 0 Å². The lowest BCUT2D eigenvalue weighted by atomic mass is 9.88.